The predicted molar refractivity (Wildman–Crippen MR) is 62.5 cm³/mol. The molecule has 0 aromatic heterocycles. The molecular weight excluding hydrogens is 188 g/mol. The molecule has 0 aliphatic carbocycles. The molecule has 0 aromatic rings. The van der Waals surface area contributed by atoms with Crippen molar-refractivity contribution in [2.45, 2.75) is 71.0 Å². The summed E-state index contributed by atoms with van der Waals surface area (Å²) in [6.45, 7) is 6.35. The molecule has 15 heavy (non-hydrogen) atoms. The van der Waals surface area contributed by atoms with Crippen LogP contribution < -0.4 is 5.73 Å². The standard InChI is InChI=1S/C12H24N2O/c1-4-6-11(13)12(15)14-9(3)7-8-10(14)5-2/h9-11H,4-8,13H2,1-3H3/t9?,10?,11-/m0/s1. The first-order valence-corrected chi connectivity index (χ1v) is 6.19. The molecule has 88 valence electrons. The molecule has 2 N–H and O–H groups in total. The van der Waals surface area contributed by atoms with Crippen molar-refractivity contribution in [3.05, 3.63) is 0 Å². The molecule has 1 fully saturated rings. The van der Waals surface area contributed by atoms with Gasteiger partial charge in [0.2, 0.25) is 5.91 Å². The minimum Gasteiger partial charge on any atom is -0.336 e. The summed E-state index contributed by atoms with van der Waals surface area (Å²) in [6.07, 6.45) is 5.10. The summed E-state index contributed by atoms with van der Waals surface area (Å²) in [5.74, 6) is 0.161. The Balaban J connectivity index is 2.63. The van der Waals surface area contributed by atoms with Crippen molar-refractivity contribution in [1.29, 1.82) is 0 Å². The molecule has 1 amide bonds. The van der Waals surface area contributed by atoms with Crippen molar-refractivity contribution in [3.63, 3.8) is 0 Å². The summed E-state index contributed by atoms with van der Waals surface area (Å²) in [4.78, 5) is 14.1. The average Bonchev–Trinajstić information content (AvgIpc) is 2.58. The molecular formula is C12H24N2O. The lowest BCUT2D eigenvalue weighted by Crippen LogP contribution is -2.48. The van der Waals surface area contributed by atoms with Crippen LogP contribution in [0, 0.1) is 0 Å². The summed E-state index contributed by atoms with van der Waals surface area (Å²) in [6, 6.07) is 0.519. The normalized spacial score (nSPS) is 28.1. The number of rotatable bonds is 4. The van der Waals surface area contributed by atoms with Crippen LogP contribution in [0.1, 0.15) is 52.9 Å². The first kappa shape index (κ1) is 12.5. The highest BCUT2D eigenvalue weighted by molar-refractivity contribution is 5.82. The lowest BCUT2D eigenvalue weighted by Gasteiger charge is -2.30. The molecule has 2 unspecified atom stereocenters. The van der Waals surface area contributed by atoms with Crippen LogP contribution in [0.25, 0.3) is 0 Å². The third kappa shape index (κ3) is 2.71. The highest BCUT2D eigenvalue weighted by Crippen LogP contribution is 2.26. The van der Waals surface area contributed by atoms with Gasteiger partial charge in [-0.15, -0.1) is 0 Å². The molecule has 1 heterocycles. The molecule has 1 aliphatic rings. The summed E-state index contributed by atoms with van der Waals surface area (Å²) in [5.41, 5.74) is 5.90. The van der Waals surface area contributed by atoms with Gasteiger partial charge in [0.25, 0.3) is 0 Å². The molecule has 1 saturated heterocycles. The summed E-state index contributed by atoms with van der Waals surface area (Å²) >= 11 is 0. The van der Waals surface area contributed by atoms with Crippen molar-refractivity contribution in [2.24, 2.45) is 5.73 Å². The Labute approximate surface area is 93.0 Å². The van der Waals surface area contributed by atoms with Crippen LogP contribution in [0.2, 0.25) is 0 Å². The van der Waals surface area contributed by atoms with Gasteiger partial charge in [-0.25, -0.2) is 0 Å². The fourth-order valence-corrected chi connectivity index (χ4v) is 2.50. The number of carbonyl (C=O) groups excluding carboxylic acids is 1. The molecule has 0 radical (unpaired) electrons. The van der Waals surface area contributed by atoms with E-state index in [4.69, 9.17) is 5.73 Å². The maximum Gasteiger partial charge on any atom is 0.239 e. The second kappa shape index (κ2) is 5.50. The third-order valence-electron chi connectivity index (χ3n) is 3.43. The van der Waals surface area contributed by atoms with E-state index in [1.54, 1.807) is 0 Å². The SMILES string of the molecule is CCC[C@H](N)C(=O)N1C(C)CCC1CC. The summed E-state index contributed by atoms with van der Waals surface area (Å²) in [5, 5.41) is 0. The van der Waals surface area contributed by atoms with E-state index in [0.717, 1.165) is 32.1 Å². The van der Waals surface area contributed by atoms with E-state index in [-0.39, 0.29) is 11.9 Å². The molecule has 3 nitrogen and oxygen atoms in total. The van der Waals surface area contributed by atoms with Crippen LogP contribution >= 0.6 is 0 Å². The van der Waals surface area contributed by atoms with E-state index in [1.807, 2.05) is 4.90 Å². The molecule has 0 spiro atoms. The maximum atomic E-state index is 12.1. The largest absolute Gasteiger partial charge is 0.336 e. The van der Waals surface area contributed by atoms with Gasteiger partial charge in [0.1, 0.15) is 0 Å². The number of carbonyl (C=O) groups is 1. The highest BCUT2D eigenvalue weighted by atomic mass is 16.2. The van der Waals surface area contributed by atoms with Crippen LogP contribution in [-0.2, 0) is 4.79 Å². The van der Waals surface area contributed by atoms with Gasteiger partial charge in [-0.05, 0) is 32.6 Å². The van der Waals surface area contributed by atoms with Crippen molar-refractivity contribution >= 4 is 5.91 Å². The Hall–Kier alpha value is -0.570. The van der Waals surface area contributed by atoms with Gasteiger partial charge in [0, 0.05) is 12.1 Å². The van der Waals surface area contributed by atoms with E-state index >= 15 is 0 Å². The minimum atomic E-state index is -0.287. The Kier molecular flexibility index (Phi) is 4.58. The minimum absolute atomic E-state index is 0.161. The van der Waals surface area contributed by atoms with Gasteiger partial charge < -0.3 is 10.6 Å². The monoisotopic (exact) mass is 212 g/mol. The average molecular weight is 212 g/mol. The number of hydrogen-bond acceptors (Lipinski definition) is 2. The van der Waals surface area contributed by atoms with Crippen LogP contribution in [0.4, 0.5) is 0 Å². The predicted octanol–water partition coefficient (Wildman–Crippen LogP) is 1.90. The fourth-order valence-electron chi connectivity index (χ4n) is 2.50. The van der Waals surface area contributed by atoms with E-state index in [0.29, 0.717) is 12.1 Å². The zero-order chi connectivity index (χ0) is 11.4. The second-order valence-electron chi connectivity index (χ2n) is 4.63. The summed E-state index contributed by atoms with van der Waals surface area (Å²) < 4.78 is 0. The number of nitrogens with zero attached hydrogens (tertiary/aromatic N) is 1. The lowest BCUT2D eigenvalue weighted by molar-refractivity contribution is -0.135. The first-order valence-electron chi connectivity index (χ1n) is 6.19. The van der Waals surface area contributed by atoms with E-state index < -0.39 is 0 Å². The topological polar surface area (TPSA) is 46.3 Å². The molecule has 0 aromatic carbocycles. The highest BCUT2D eigenvalue weighted by Gasteiger charge is 2.34. The molecule has 3 atom stereocenters. The zero-order valence-electron chi connectivity index (χ0n) is 10.2. The Morgan fingerprint density at radius 2 is 2.13 bits per heavy atom. The fraction of sp³-hybridized carbons (Fsp3) is 0.917. The van der Waals surface area contributed by atoms with E-state index in [1.165, 1.54) is 0 Å². The van der Waals surface area contributed by atoms with Crippen molar-refractivity contribution < 1.29 is 4.79 Å². The number of nitrogens with two attached hydrogens (primary N) is 1. The third-order valence-corrected chi connectivity index (χ3v) is 3.43. The lowest BCUT2D eigenvalue weighted by atomic mass is 10.1. The first-order chi connectivity index (χ1) is 7.11. The van der Waals surface area contributed by atoms with Gasteiger partial charge in [-0.3, -0.25) is 4.79 Å². The zero-order valence-corrected chi connectivity index (χ0v) is 10.2. The van der Waals surface area contributed by atoms with Crippen molar-refractivity contribution in [2.75, 3.05) is 0 Å². The van der Waals surface area contributed by atoms with Gasteiger partial charge in [0.15, 0.2) is 0 Å². The molecule has 3 heteroatoms. The Morgan fingerprint density at radius 3 is 2.67 bits per heavy atom. The van der Waals surface area contributed by atoms with Gasteiger partial charge in [-0.1, -0.05) is 20.3 Å². The second-order valence-corrected chi connectivity index (χ2v) is 4.63. The van der Waals surface area contributed by atoms with Crippen molar-refractivity contribution in [3.8, 4) is 0 Å². The number of hydrogen-bond donors (Lipinski definition) is 1. The quantitative estimate of drug-likeness (QED) is 0.773. The molecule has 0 bridgehead atoms. The molecule has 1 aliphatic heterocycles. The van der Waals surface area contributed by atoms with Crippen LogP contribution in [-0.4, -0.2) is 28.9 Å². The van der Waals surface area contributed by atoms with Crippen molar-refractivity contribution in [1.82, 2.24) is 4.90 Å². The van der Waals surface area contributed by atoms with Crippen LogP contribution in [0.15, 0.2) is 0 Å². The van der Waals surface area contributed by atoms with E-state index in [2.05, 4.69) is 20.8 Å². The van der Waals surface area contributed by atoms with Crippen LogP contribution in [0.5, 0.6) is 0 Å². The number of likely N-dealkylation sites (tertiary alicyclic amines) is 1. The molecule has 0 saturated carbocycles. The smallest absolute Gasteiger partial charge is 0.239 e. The molecule has 1 rings (SSSR count). The van der Waals surface area contributed by atoms with Gasteiger partial charge in [0.05, 0.1) is 6.04 Å². The number of amides is 1. The Bertz CT molecular complexity index is 218. The maximum absolute atomic E-state index is 12.1. The van der Waals surface area contributed by atoms with E-state index in [9.17, 15) is 4.79 Å². The van der Waals surface area contributed by atoms with Crippen LogP contribution in [0.3, 0.4) is 0 Å². The van der Waals surface area contributed by atoms with Gasteiger partial charge >= 0.3 is 0 Å². The summed E-state index contributed by atoms with van der Waals surface area (Å²) in [7, 11) is 0. The van der Waals surface area contributed by atoms with Gasteiger partial charge in [-0.2, -0.15) is 0 Å². The Morgan fingerprint density at radius 1 is 1.47 bits per heavy atom.